The van der Waals surface area contributed by atoms with Crippen LogP contribution in [0.3, 0.4) is 0 Å². The van der Waals surface area contributed by atoms with Crippen LogP contribution in [0.4, 0.5) is 11.6 Å². The summed E-state index contributed by atoms with van der Waals surface area (Å²) in [5, 5.41) is 7.21. The number of nitrogens with one attached hydrogen (secondary N) is 1. The summed E-state index contributed by atoms with van der Waals surface area (Å²) < 4.78 is 2.45. The number of aryl methyl sites for hydroxylation is 1. The number of hydrogen-bond donors (Lipinski definition) is 2. The number of nitrogens with two attached hydrogens (primary N) is 1. The summed E-state index contributed by atoms with van der Waals surface area (Å²) in [6, 6.07) is 0. The maximum atomic E-state index is 5.82. The van der Waals surface area contributed by atoms with Crippen molar-refractivity contribution >= 4 is 27.6 Å². The molecule has 2 aromatic heterocycles. The molecular formula is C9H11BrN6. The van der Waals surface area contributed by atoms with E-state index in [1.807, 2.05) is 0 Å². The normalized spacial score (nSPS) is 10.4. The minimum absolute atomic E-state index is 0.579. The zero-order valence-corrected chi connectivity index (χ0v) is 10.3. The molecule has 0 unspecified atom stereocenters. The lowest BCUT2D eigenvalue weighted by molar-refractivity contribution is 0.778. The molecule has 84 valence electrons. The Morgan fingerprint density at radius 3 is 2.94 bits per heavy atom. The maximum Gasteiger partial charge on any atom is 0.144 e. The third-order valence-electron chi connectivity index (χ3n) is 2.18. The molecule has 0 aliphatic carbocycles. The molecule has 0 spiro atoms. The molecule has 16 heavy (non-hydrogen) atoms. The highest BCUT2D eigenvalue weighted by molar-refractivity contribution is 9.10. The zero-order chi connectivity index (χ0) is 11.5. The molecule has 2 heterocycles. The summed E-state index contributed by atoms with van der Waals surface area (Å²) in [6.07, 6.45) is 4.90. The fraction of sp³-hybridized carbons (Fsp3) is 0.222. The van der Waals surface area contributed by atoms with Crippen molar-refractivity contribution in [1.82, 2.24) is 19.7 Å². The Hall–Kier alpha value is -1.63. The first-order valence-electron chi connectivity index (χ1n) is 4.64. The van der Waals surface area contributed by atoms with Gasteiger partial charge in [-0.2, -0.15) is 5.10 Å². The molecule has 7 heteroatoms. The lowest BCUT2D eigenvalue weighted by Gasteiger charge is -2.05. The quantitative estimate of drug-likeness (QED) is 0.883. The topological polar surface area (TPSA) is 81.7 Å². The Balaban J connectivity index is 2.08. The van der Waals surface area contributed by atoms with Crippen LogP contribution in [0.2, 0.25) is 0 Å². The average molecular weight is 283 g/mol. The van der Waals surface area contributed by atoms with Crippen LogP contribution in [-0.2, 0) is 13.6 Å². The van der Waals surface area contributed by atoms with Gasteiger partial charge < -0.3 is 11.1 Å². The largest absolute Gasteiger partial charge is 0.384 e. The van der Waals surface area contributed by atoms with Gasteiger partial charge in [-0.25, -0.2) is 9.97 Å². The number of nitrogens with zero attached hydrogens (tertiary/aromatic N) is 4. The minimum atomic E-state index is 0.579. The van der Waals surface area contributed by atoms with Gasteiger partial charge >= 0.3 is 0 Å². The van der Waals surface area contributed by atoms with E-state index in [0.29, 0.717) is 12.4 Å². The lowest BCUT2D eigenvalue weighted by Crippen LogP contribution is -2.05. The molecule has 0 bridgehead atoms. The molecule has 2 aromatic rings. The van der Waals surface area contributed by atoms with Crippen molar-refractivity contribution in [2.75, 3.05) is 11.1 Å². The summed E-state index contributed by atoms with van der Waals surface area (Å²) in [5.41, 5.74) is 6.76. The van der Waals surface area contributed by atoms with Gasteiger partial charge in [0.15, 0.2) is 0 Å². The molecule has 0 aliphatic heterocycles. The Morgan fingerprint density at radius 2 is 2.31 bits per heavy atom. The van der Waals surface area contributed by atoms with Gasteiger partial charge in [0.1, 0.15) is 18.0 Å². The van der Waals surface area contributed by atoms with Crippen LogP contribution in [0.25, 0.3) is 0 Å². The van der Waals surface area contributed by atoms with Gasteiger partial charge in [-0.1, -0.05) is 0 Å². The van der Waals surface area contributed by atoms with Gasteiger partial charge in [0, 0.05) is 25.4 Å². The van der Waals surface area contributed by atoms with Gasteiger partial charge in [0.25, 0.3) is 0 Å². The number of halogens is 1. The number of nitrogen functional groups attached to an aromatic ring is 1. The second-order valence-electron chi connectivity index (χ2n) is 3.25. The van der Waals surface area contributed by atoms with Crippen molar-refractivity contribution in [2.45, 2.75) is 6.54 Å². The van der Waals surface area contributed by atoms with Crippen molar-refractivity contribution in [2.24, 2.45) is 7.05 Å². The molecule has 0 aromatic carbocycles. The number of rotatable bonds is 3. The Labute approximate surface area is 101 Å². The fourth-order valence-corrected chi connectivity index (χ4v) is 1.61. The highest BCUT2D eigenvalue weighted by Gasteiger charge is 2.05. The van der Waals surface area contributed by atoms with Gasteiger partial charge in [0.2, 0.25) is 0 Å². The first kappa shape index (κ1) is 10.9. The SMILES string of the molecule is Cn1ncc(CNc2ncncc2Br)c1N. The summed E-state index contributed by atoms with van der Waals surface area (Å²) in [6.45, 7) is 0.579. The minimum Gasteiger partial charge on any atom is -0.384 e. The summed E-state index contributed by atoms with van der Waals surface area (Å²) >= 11 is 3.35. The average Bonchev–Trinajstić information content (AvgIpc) is 2.59. The van der Waals surface area contributed by atoms with E-state index in [1.54, 1.807) is 24.1 Å². The molecule has 0 saturated heterocycles. The number of hydrogen-bond acceptors (Lipinski definition) is 5. The smallest absolute Gasteiger partial charge is 0.144 e. The highest BCUT2D eigenvalue weighted by atomic mass is 79.9. The van der Waals surface area contributed by atoms with Crippen LogP contribution in [0, 0.1) is 0 Å². The van der Waals surface area contributed by atoms with Gasteiger partial charge in [-0.3, -0.25) is 4.68 Å². The van der Waals surface area contributed by atoms with E-state index in [2.05, 4.69) is 36.3 Å². The van der Waals surface area contributed by atoms with Crippen LogP contribution >= 0.6 is 15.9 Å². The van der Waals surface area contributed by atoms with E-state index in [-0.39, 0.29) is 0 Å². The number of aromatic nitrogens is 4. The van der Waals surface area contributed by atoms with E-state index in [4.69, 9.17) is 5.73 Å². The molecule has 6 nitrogen and oxygen atoms in total. The van der Waals surface area contributed by atoms with Crippen molar-refractivity contribution in [3.63, 3.8) is 0 Å². The maximum absolute atomic E-state index is 5.82. The summed E-state index contributed by atoms with van der Waals surface area (Å²) in [5.74, 6) is 1.39. The van der Waals surface area contributed by atoms with Crippen molar-refractivity contribution in [1.29, 1.82) is 0 Å². The first-order chi connectivity index (χ1) is 7.68. The molecule has 0 aliphatic rings. The zero-order valence-electron chi connectivity index (χ0n) is 8.68. The van der Waals surface area contributed by atoms with Crippen LogP contribution in [0.1, 0.15) is 5.56 Å². The Bertz CT molecular complexity index is 494. The molecular weight excluding hydrogens is 272 g/mol. The van der Waals surface area contributed by atoms with Crippen molar-refractivity contribution < 1.29 is 0 Å². The highest BCUT2D eigenvalue weighted by Crippen LogP contribution is 2.18. The summed E-state index contributed by atoms with van der Waals surface area (Å²) in [4.78, 5) is 7.98. The molecule has 0 radical (unpaired) electrons. The second kappa shape index (κ2) is 4.48. The van der Waals surface area contributed by atoms with Gasteiger partial charge in [0.05, 0.1) is 10.7 Å². The van der Waals surface area contributed by atoms with Crippen LogP contribution < -0.4 is 11.1 Å². The van der Waals surface area contributed by atoms with E-state index in [1.165, 1.54) is 6.33 Å². The Morgan fingerprint density at radius 1 is 1.50 bits per heavy atom. The summed E-state index contributed by atoms with van der Waals surface area (Å²) in [7, 11) is 1.80. The van der Waals surface area contributed by atoms with E-state index >= 15 is 0 Å². The molecule has 3 N–H and O–H groups in total. The fourth-order valence-electron chi connectivity index (χ4n) is 1.25. The van der Waals surface area contributed by atoms with Gasteiger partial charge in [-0.15, -0.1) is 0 Å². The van der Waals surface area contributed by atoms with Crippen LogP contribution in [0.5, 0.6) is 0 Å². The predicted molar refractivity (Wildman–Crippen MR) is 64.7 cm³/mol. The van der Waals surface area contributed by atoms with E-state index < -0.39 is 0 Å². The van der Waals surface area contributed by atoms with Crippen LogP contribution in [0.15, 0.2) is 23.2 Å². The Kier molecular flexibility index (Phi) is 3.04. The molecule has 0 fully saturated rings. The third kappa shape index (κ3) is 2.13. The predicted octanol–water partition coefficient (Wildman–Crippen LogP) is 1.17. The molecule has 2 rings (SSSR count). The van der Waals surface area contributed by atoms with Crippen LogP contribution in [-0.4, -0.2) is 19.7 Å². The number of anilines is 2. The molecule has 0 saturated carbocycles. The lowest BCUT2D eigenvalue weighted by atomic mass is 10.3. The van der Waals surface area contributed by atoms with E-state index in [9.17, 15) is 0 Å². The molecule has 0 atom stereocenters. The van der Waals surface area contributed by atoms with E-state index in [0.717, 1.165) is 15.9 Å². The standard InChI is InChI=1S/C9H11BrN6/c1-16-8(11)6(3-15-16)2-13-9-7(10)4-12-5-14-9/h3-5H,2,11H2,1H3,(H,12,13,14). The third-order valence-corrected chi connectivity index (χ3v) is 2.76. The van der Waals surface area contributed by atoms with Crippen molar-refractivity contribution in [3.05, 3.63) is 28.8 Å². The van der Waals surface area contributed by atoms with Gasteiger partial charge in [-0.05, 0) is 15.9 Å². The molecule has 0 amide bonds. The van der Waals surface area contributed by atoms with Crippen molar-refractivity contribution in [3.8, 4) is 0 Å². The second-order valence-corrected chi connectivity index (χ2v) is 4.11. The first-order valence-corrected chi connectivity index (χ1v) is 5.43. The monoisotopic (exact) mass is 282 g/mol.